The van der Waals surface area contributed by atoms with Crippen LogP contribution < -0.4 is 5.73 Å². The first-order chi connectivity index (χ1) is 13.2. The van der Waals surface area contributed by atoms with Gasteiger partial charge in [0.2, 0.25) is 0 Å². The molecule has 0 amide bonds. The topological polar surface area (TPSA) is 38.9 Å². The fraction of sp³-hybridized carbons (Fsp3) is 0.190. The minimum atomic E-state index is -4.72. The van der Waals surface area contributed by atoms with Crippen molar-refractivity contribution in [2.45, 2.75) is 18.0 Å². The Morgan fingerprint density at radius 3 is 2.07 bits per heavy atom. The summed E-state index contributed by atoms with van der Waals surface area (Å²) in [5, 5.41) is 0. The van der Waals surface area contributed by atoms with E-state index in [0.29, 0.717) is 6.07 Å². The average Bonchev–Trinajstić information content (AvgIpc) is 2.66. The van der Waals surface area contributed by atoms with Crippen LogP contribution in [0.25, 0.3) is 0 Å². The van der Waals surface area contributed by atoms with Gasteiger partial charge < -0.3 is 5.73 Å². The standard InChI is InChI=1S/C21H17F5N2/c22-17-6-7-19(28-12-17)20(13-27,11-14-4-2-1-3-5-14)15-8-16(21(24,25)26)10-18(23)9-15/h1-10,12H,11,13,27H2/t20-/m1/s1. The minimum absolute atomic E-state index is 0.0327. The van der Waals surface area contributed by atoms with Crippen LogP contribution in [0.1, 0.15) is 22.4 Å². The van der Waals surface area contributed by atoms with Crippen molar-refractivity contribution in [3.8, 4) is 0 Å². The summed E-state index contributed by atoms with van der Waals surface area (Å²) in [6, 6.07) is 13.8. The molecule has 7 heteroatoms. The van der Waals surface area contributed by atoms with Gasteiger partial charge in [-0.25, -0.2) is 8.78 Å². The maximum Gasteiger partial charge on any atom is 0.416 e. The summed E-state index contributed by atoms with van der Waals surface area (Å²) in [7, 11) is 0. The molecule has 3 rings (SSSR count). The normalized spacial score (nSPS) is 13.9. The highest BCUT2D eigenvalue weighted by Gasteiger charge is 2.38. The van der Waals surface area contributed by atoms with Crippen LogP contribution in [0.15, 0.2) is 66.9 Å². The Morgan fingerprint density at radius 1 is 0.821 bits per heavy atom. The molecule has 0 bridgehead atoms. The van der Waals surface area contributed by atoms with Crippen LogP contribution in [0.4, 0.5) is 22.0 Å². The summed E-state index contributed by atoms with van der Waals surface area (Å²) in [6.45, 7) is -0.152. The number of halogens is 5. The van der Waals surface area contributed by atoms with Gasteiger partial charge in [-0.15, -0.1) is 0 Å². The van der Waals surface area contributed by atoms with Gasteiger partial charge in [-0.3, -0.25) is 4.98 Å². The Morgan fingerprint density at radius 2 is 1.50 bits per heavy atom. The largest absolute Gasteiger partial charge is 0.416 e. The van der Waals surface area contributed by atoms with Gasteiger partial charge in [0.25, 0.3) is 0 Å². The molecule has 3 aromatic rings. The van der Waals surface area contributed by atoms with E-state index < -0.39 is 28.8 Å². The van der Waals surface area contributed by atoms with Crippen LogP contribution >= 0.6 is 0 Å². The van der Waals surface area contributed by atoms with E-state index in [1.807, 2.05) is 0 Å². The number of benzene rings is 2. The number of hydrogen-bond donors (Lipinski definition) is 1. The lowest BCUT2D eigenvalue weighted by Crippen LogP contribution is -2.40. The zero-order valence-corrected chi connectivity index (χ0v) is 14.7. The van der Waals surface area contributed by atoms with E-state index in [2.05, 4.69) is 4.98 Å². The van der Waals surface area contributed by atoms with Crippen molar-refractivity contribution >= 4 is 0 Å². The molecule has 0 unspecified atom stereocenters. The summed E-state index contributed by atoms with van der Waals surface area (Å²) in [5.74, 6) is -1.62. The summed E-state index contributed by atoms with van der Waals surface area (Å²) < 4.78 is 67.3. The van der Waals surface area contributed by atoms with Crippen molar-refractivity contribution < 1.29 is 22.0 Å². The number of rotatable bonds is 5. The molecule has 2 nitrogen and oxygen atoms in total. The molecular formula is C21H17F5N2. The zero-order valence-electron chi connectivity index (χ0n) is 14.7. The second-order valence-corrected chi connectivity index (χ2v) is 6.54. The average molecular weight is 392 g/mol. The van der Waals surface area contributed by atoms with E-state index in [1.165, 1.54) is 6.07 Å². The molecular weight excluding hydrogens is 375 g/mol. The predicted octanol–water partition coefficient (Wildman–Crippen LogP) is 4.87. The number of alkyl halides is 3. The second kappa shape index (κ2) is 7.67. The molecule has 0 aliphatic carbocycles. The Kier molecular flexibility index (Phi) is 5.47. The predicted molar refractivity (Wildman–Crippen MR) is 95.6 cm³/mol. The number of aromatic nitrogens is 1. The quantitative estimate of drug-likeness (QED) is 0.630. The lowest BCUT2D eigenvalue weighted by molar-refractivity contribution is -0.137. The highest BCUT2D eigenvalue weighted by Crippen LogP contribution is 2.38. The monoisotopic (exact) mass is 392 g/mol. The number of pyridine rings is 1. The molecule has 0 radical (unpaired) electrons. The SMILES string of the molecule is NC[C@](Cc1ccccc1)(c1cc(F)cc(C(F)(F)F)c1)c1ccc(F)cn1. The first-order valence-corrected chi connectivity index (χ1v) is 8.49. The molecule has 2 aromatic carbocycles. The summed E-state index contributed by atoms with van der Waals surface area (Å²) >= 11 is 0. The molecule has 146 valence electrons. The highest BCUT2D eigenvalue weighted by atomic mass is 19.4. The molecule has 0 fully saturated rings. The van der Waals surface area contributed by atoms with Crippen LogP contribution in [-0.2, 0) is 18.0 Å². The molecule has 1 heterocycles. The second-order valence-electron chi connectivity index (χ2n) is 6.54. The van der Waals surface area contributed by atoms with E-state index in [-0.39, 0.29) is 24.2 Å². The van der Waals surface area contributed by atoms with Gasteiger partial charge in [0.15, 0.2) is 0 Å². The third-order valence-corrected chi connectivity index (χ3v) is 4.69. The van der Waals surface area contributed by atoms with E-state index >= 15 is 0 Å². The van der Waals surface area contributed by atoms with Gasteiger partial charge in [0.05, 0.1) is 22.9 Å². The fourth-order valence-corrected chi connectivity index (χ4v) is 3.27. The van der Waals surface area contributed by atoms with E-state index in [9.17, 15) is 22.0 Å². The molecule has 2 N–H and O–H groups in total. The third kappa shape index (κ3) is 4.04. The molecule has 1 atom stereocenters. The van der Waals surface area contributed by atoms with Gasteiger partial charge in [-0.1, -0.05) is 30.3 Å². The van der Waals surface area contributed by atoms with Gasteiger partial charge in [0.1, 0.15) is 11.6 Å². The third-order valence-electron chi connectivity index (χ3n) is 4.69. The van der Waals surface area contributed by atoms with Crippen molar-refractivity contribution in [2.24, 2.45) is 5.73 Å². The smallest absolute Gasteiger partial charge is 0.329 e. The van der Waals surface area contributed by atoms with Crippen LogP contribution in [0, 0.1) is 11.6 Å². The van der Waals surface area contributed by atoms with Gasteiger partial charge >= 0.3 is 6.18 Å². The number of hydrogen-bond acceptors (Lipinski definition) is 2. The van der Waals surface area contributed by atoms with Gasteiger partial charge in [-0.05, 0) is 47.9 Å². The Balaban J connectivity index is 2.24. The van der Waals surface area contributed by atoms with E-state index in [4.69, 9.17) is 5.73 Å². The Bertz CT molecular complexity index is 939. The maximum absolute atomic E-state index is 14.1. The molecule has 0 aliphatic heterocycles. The molecule has 0 aliphatic rings. The summed E-state index contributed by atoms with van der Waals surface area (Å²) in [5.41, 5.74) is 4.72. The van der Waals surface area contributed by atoms with Gasteiger partial charge in [0, 0.05) is 6.54 Å². The van der Waals surface area contributed by atoms with Crippen LogP contribution in [0.2, 0.25) is 0 Å². The van der Waals surface area contributed by atoms with Crippen LogP contribution in [-0.4, -0.2) is 11.5 Å². The van der Waals surface area contributed by atoms with Crippen molar-refractivity contribution in [2.75, 3.05) is 6.54 Å². The van der Waals surface area contributed by atoms with Crippen molar-refractivity contribution in [1.82, 2.24) is 4.98 Å². The summed E-state index contributed by atoms with van der Waals surface area (Å²) in [6.07, 6.45) is -3.58. The Hall–Kier alpha value is -2.80. The fourth-order valence-electron chi connectivity index (χ4n) is 3.27. The van der Waals surface area contributed by atoms with E-state index in [0.717, 1.165) is 30.0 Å². The minimum Gasteiger partial charge on any atom is -0.329 e. The molecule has 0 saturated carbocycles. The lowest BCUT2D eigenvalue weighted by Gasteiger charge is -2.33. The molecule has 1 aromatic heterocycles. The van der Waals surface area contributed by atoms with Crippen molar-refractivity contribution in [1.29, 1.82) is 0 Å². The van der Waals surface area contributed by atoms with Crippen molar-refractivity contribution in [3.05, 3.63) is 101 Å². The maximum atomic E-state index is 14.1. The zero-order chi connectivity index (χ0) is 20.4. The molecule has 0 saturated heterocycles. The first-order valence-electron chi connectivity index (χ1n) is 8.49. The first kappa shape index (κ1) is 19.9. The summed E-state index contributed by atoms with van der Waals surface area (Å²) in [4.78, 5) is 4.06. The molecule has 28 heavy (non-hydrogen) atoms. The van der Waals surface area contributed by atoms with E-state index in [1.54, 1.807) is 30.3 Å². The number of nitrogens with zero attached hydrogens (tertiary/aromatic N) is 1. The van der Waals surface area contributed by atoms with Crippen LogP contribution in [0.3, 0.4) is 0 Å². The highest BCUT2D eigenvalue weighted by molar-refractivity contribution is 5.42. The number of nitrogens with two attached hydrogens (primary N) is 1. The van der Waals surface area contributed by atoms with Crippen LogP contribution in [0.5, 0.6) is 0 Å². The van der Waals surface area contributed by atoms with Crippen molar-refractivity contribution in [3.63, 3.8) is 0 Å². The lowest BCUT2D eigenvalue weighted by atomic mass is 9.72. The van der Waals surface area contributed by atoms with Gasteiger partial charge in [-0.2, -0.15) is 13.2 Å². The Labute approximate surface area is 158 Å². The molecule has 0 spiro atoms.